The Morgan fingerprint density at radius 2 is 1.89 bits per heavy atom. The highest BCUT2D eigenvalue weighted by atomic mass is 35.5. The maximum atomic E-state index is 13.5. The average molecular weight is 539 g/mol. The zero-order valence-electron chi connectivity index (χ0n) is 20.7. The van der Waals surface area contributed by atoms with E-state index in [0.29, 0.717) is 22.7 Å². The van der Waals surface area contributed by atoms with E-state index in [1.165, 1.54) is 17.0 Å². The number of anilines is 1. The third-order valence-corrected chi connectivity index (χ3v) is 6.95. The number of amides is 2. The Bertz CT molecular complexity index is 1220. The number of sulfonamides is 1. The molecule has 12 heteroatoms. The zero-order chi connectivity index (χ0) is 27.0. The number of benzene rings is 2. The van der Waals surface area contributed by atoms with Crippen LogP contribution in [0.4, 0.5) is 11.4 Å². The van der Waals surface area contributed by atoms with Crippen molar-refractivity contribution in [3.8, 4) is 0 Å². The predicted octanol–water partition coefficient (Wildman–Crippen LogP) is 3.66. The molecule has 0 saturated heterocycles. The maximum absolute atomic E-state index is 13.5. The molecule has 2 amide bonds. The minimum atomic E-state index is -4.01. The van der Waals surface area contributed by atoms with Gasteiger partial charge in [0.15, 0.2) is 0 Å². The maximum Gasteiger partial charge on any atom is 0.271 e. The quantitative estimate of drug-likeness (QED) is 0.249. The van der Waals surface area contributed by atoms with E-state index in [0.717, 1.165) is 29.5 Å². The van der Waals surface area contributed by atoms with Crippen LogP contribution < -0.4 is 9.62 Å². The molecule has 0 bridgehead atoms. The summed E-state index contributed by atoms with van der Waals surface area (Å²) in [5.74, 6) is -1.03. The van der Waals surface area contributed by atoms with E-state index < -0.39 is 33.4 Å². The molecule has 0 aliphatic carbocycles. The largest absolute Gasteiger partial charge is 0.354 e. The first-order chi connectivity index (χ1) is 16.8. The molecule has 0 heterocycles. The third kappa shape index (κ3) is 7.92. The number of halogens is 1. The van der Waals surface area contributed by atoms with Gasteiger partial charge in [-0.05, 0) is 43.5 Å². The summed E-state index contributed by atoms with van der Waals surface area (Å²) in [6, 6.07) is 9.66. The van der Waals surface area contributed by atoms with Crippen LogP contribution in [0.3, 0.4) is 0 Å². The number of nitrogens with zero attached hydrogens (tertiary/aromatic N) is 3. The van der Waals surface area contributed by atoms with Crippen LogP contribution in [0, 0.1) is 17.0 Å². The van der Waals surface area contributed by atoms with E-state index in [1.807, 2.05) is 6.92 Å². The van der Waals surface area contributed by atoms with Gasteiger partial charge in [0, 0.05) is 30.2 Å². The van der Waals surface area contributed by atoms with Crippen molar-refractivity contribution in [1.82, 2.24) is 10.2 Å². The normalized spacial score (nSPS) is 12.0. The second-order valence-electron chi connectivity index (χ2n) is 8.47. The third-order valence-electron chi connectivity index (χ3n) is 5.59. The molecule has 196 valence electrons. The van der Waals surface area contributed by atoms with Crippen molar-refractivity contribution in [1.29, 1.82) is 0 Å². The number of aryl methyl sites for hydroxylation is 1. The molecule has 0 aliphatic rings. The number of hydrogen-bond donors (Lipinski definition) is 1. The first kappa shape index (κ1) is 29.1. The van der Waals surface area contributed by atoms with E-state index in [1.54, 1.807) is 38.1 Å². The molecule has 0 aromatic heterocycles. The van der Waals surface area contributed by atoms with E-state index in [4.69, 9.17) is 11.6 Å². The lowest BCUT2D eigenvalue weighted by molar-refractivity contribution is -0.384. The number of non-ortho nitro benzene ring substituents is 1. The van der Waals surface area contributed by atoms with Crippen molar-refractivity contribution >= 4 is 44.8 Å². The van der Waals surface area contributed by atoms with E-state index in [2.05, 4.69) is 5.32 Å². The molecule has 2 aromatic rings. The molecule has 0 fully saturated rings. The van der Waals surface area contributed by atoms with Gasteiger partial charge in [-0.3, -0.25) is 24.0 Å². The second-order valence-corrected chi connectivity index (χ2v) is 10.8. The van der Waals surface area contributed by atoms with Crippen LogP contribution in [0.1, 0.15) is 37.8 Å². The van der Waals surface area contributed by atoms with Crippen molar-refractivity contribution in [3.63, 3.8) is 0 Å². The summed E-state index contributed by atoms with van der Waals surface area (Å²) < 4.78 is 26.2. The number of hydrogen-bond acceptors (Lipinski definition) is 6. The van der Waals surface area contributed by atoms with Gasteiger partial charge < -0.3 is 10.2 Å². The molecular formula is C24H31ClN4O6S. The Balaban J connectivity index is 2.44. The lowest BCUT2D eigenvalue weighted by Gasteiger charge is -2.32. The molecule has 0 spiro atoms. The van der Waals surface area contributed by atoms with E-state index >= 15 is 0 Å². The molecular weight excluding hydrogens is 508 g/mol. The van der Waals surface area contributed by atoms with Crippen LogP contribution in [0.15, 0.2) is 42.5 Å². The number of nitro groups is 1. The molecule has 1 atom stereocenters. The van der Waals surface area contributed by atoms with Crippen LogP contribution >= 0.6 is 11.6 Å². The fraction of sp³-hybridized carbons (Fsp3) is 0.417. The van der Waals surface area contributed by atoms with Gasteiger partial charge in [-0.25, -0.2) is 8.42 Å². The van der Waals surface area contributed by atoms with Crippen molar-refractivity contribution in [2.24, 2.45) is 0 Å². The molecule has 1 N–H and O–H groups in total. The first-order valence-corrected chi connectivity index (χ1v) is 13.6. The van der Waals surface area contributed by atoms with Crippen LogP contribution in [-0.4, -0.2) is 55.4 Å². The fourth-order valence-electron chi connectivity index (χ4n) is 3.53. The lowest BCUT2D eigenvalue weighted by Crippen LogP contribution is -2.51. The molecule has 10 nitrogen and oxygen atoms in total. The number of rotatable bonds is 12. The summed E-state index contributed by atoms with van der Waals surface area (Å²) in [6.45, 7) is 4.95. The highest BCUT2D eigenvalue weighted by Gasteiger charge is 2.31. The monoisotopic (exact) mass is 538 g/mol. The molecule has 0 radical (unpaired) electrons. The van der Waals surface area contributed by atoms with Crippen LogP contribution in [-0.2, 0) is 26.2 Å². The summed E-state index contributed by atoms with van der Waals surface area (Å²) in [5, 5.41) is 14.5. The Morgan fingerprint density at radius 3 is 2.47 bits per heavy atom. The topological polar surface area (TPSA) is 130 Å². The summed E-state index contributed by atoms with van der Waals surface area (Å²) in [4.78, 5) is 38.3. The van der Waals surface area contributed by atoms with Crippen molar-refractivity contribution in [2.75, 3.05) is 23.7 Å². The Hall–Kier alpha value is -3.18. The van der Waals surface area contributed by atoms with Crippen molar-refractivity contribution < 1.29 is 22.9 Å². The highest BCUT2D eigenvalue weighted by Crippen LogP contribution is 2.28. The van der Waals surface area contributed by atoms with E-state index in [9.17, 15) is 28.1 Å². The standard InChI is InChI=1S/C24H31ClN4O6S/c1-5-6-12-26-24(31)18(3)27(15-19-8-7-9-20(25)13-19)23(30)16-28(36(4,34)35)22-14-21(29(32)33)11-10-17(22)2/h7-11,13-14,18H,5-6,12,15-16H2,1-4H3,(H,26,31)/t18-/m1/s1. The minimum Gasteiger partial charge on any atom is -0.354 e. The summed E-state index contributed by atoms with van der Waals surface area (Å²) in [6.07, 6.45) is 2.57. The molecule has 0 unspecified atom stereocenters. The average Bonchev–Trinajstić information content (AvgIpc) is 2.80. The van der Waals surface area contributed by atoms with Gasteiger partial charge in [-0.1, -0.05) is 43.1 Å². The molecule has 36 heavy (non-hydrogen) atoms. The number of unbranched alkanes of at least 4 members (excludes halogenated alkanes) is 1. The molecule has 2 rings (SSSR count). The molecule has 0 saturated carbocycles. The lowest BCUT2D eigenvalue weighted by atomic mass is 10.1. The van der Waals surface area contributed by atoms with Crippen molar-refractivity contribution in [2.45, 2.75) is 46.2 Å². The SMILES string of the molecule is CCCCNC(=O)[C@@H](C)N(Cc1cccc(Cl)c1)C(=O)CN(c1cc([N+](=O)[O-])ccc1C)S(C)(=O)=O. The number of carbonyl (C=O) groups excluding carboxylic acids is 2. The van der Waals surface area contributed by atoms with Gasteiger partial charge in [0.1, 0.15) is 12.6 Å². The van der Waals surface area contributed by atoms with E-state index in [-0.39, 0.29) is 23.8 Å². The van der Waals surface area contributed by atoms with Crippen molar-refractivity contribution in [3.05, 3.63) is 68.7 Å². The van der Waals surface area contributed by atoms with Crippen LogP contribution in [0.2, 0.25) is 5.02 Å². The summed E-state index contributed by atoms with van der Waals surface area (Å²) >= 11 is 6.09. The second kappa shape index (κ2) is 12.7. The Labute approximate surface area is 216 Å². The van der Waals surface area contributed by atoms with Gasteiger partial charge >= 0.3 is 0 Å². The number of carbonyl (C=O) groups is 2. The van der Waals surface area contributed by atoms with Gasteiger partial charge in [0.05, 0.1) is 16.9 Å². The Morgan fingerprint density at radius 1 is 1.19 bits per heavy atom. The van der Waals surface area contributed by atoms with Gasteiger partial charge in [0.25, 0.3) is 5.69 Å². The first-order valence-electron chi connectivity index (χ1n) is 11.4. The molecule has 0 aliphatic heterocycles. The van der Waals surface area contributed by atoms with Gasteiger partial charge in [-0.2, -0.15) is 0 Å². The fourth-order valence-corrected chi connectivity index (χ4v) is 4.64. The van der Waals surface area contributed by atoms with Gasteiger partial charge in [-0.15, -0.1) is 0 Å². The smallest absolute Gasteiger partial charge is 0.271 e. The van der Waals surface area contributed by atoms with Crippen LogP contribution in [0.25, 0.3) is 0 Å². The summed E-state index contributed by atoms with van der Waals surface area (Å²) in [5.41, 5.74) is 0.797. The Kier molecular flexibility index (Phi) is 10.2. The van der Waals surface area contributed by atoms with Gasteiger partial charge in [0.2, 0.25) is 21.8 Å². The van der Waals surface area contributed by atoms with Crippen LogP contribution in [0.5, 0.6) is 0 Å². The summed E-state index contributed by atoms with van der Waals surface area (Å²) in [7, 11) is -4.01. The highest BCUT2D eigenvalue weighted by molar-refractivity contribution is 7.92. The number of nitrogens with one attached hydrogen (secondary N) is 1. The zero-order valence-corrected chi connectivity index (χ0v) is 22.3. The minimum absolute atomic E-state index is 0.00722. The number of nitro benzene ring substituents is 1. The molecule has 2 aromatic carbocycles. The predicted molar refractivity (Wildman–Crippen MR) is 139 cm³/mol.